The first-order valence-corrected chi connectivity index (χ1v) is 12.9. The summed E-state index contributed by atoms with van der Waals surface area (Å²) in [5.74, 6) is 0.987. The van der Waals surface area contributed by atoms with E-state index in [0.717, 1.165) is 51.4 Å². The maximum atomic E-state index is 13.1. The predicted octanol–water partition coefficient (Wildman–Crippen LogP) is 7.38. The molecule has 180 valence electrons. The molecular formula is C32H41NO. The Morgan fingerprint density at radius 2 is 1.74 bits per heavy atom. The summed E-state index contributed by atoms with van der Waals surface area (Å²) in [6.07, 6.45) is 14.7. The minimum Gasteiger partial charge on any atom is -0.330 e. The van der Waals surface area contributed by atoms with Gasteiger partial charge in [-0.05, 0) is 79.7 Å². The predicted molar refractivity (Wildman–Crippen MR) is 145 cm³/mol. The fraction of sp³-hybridized carbons (Fsp3) is 0.406. The number of Topliss-reactive ketones (excluding diaryl/α,β-unsaturated/α-hetero) is 1. The van der Waals surface area contributed by atoms with Gasteiger partial charge in [-0.25, -0.2) is 0 Å². The number of hydrogen-bond acceptors (Lipinski definition) is 2. The second-order valence-electron chi connectivity index (χ2n) is 9.91. The number of rotatable bonds is 14. The van der Waals surface area contributed by atoms with Crippen molar-refractivity contribution in [1.29, 1.82) is 0 Å². The van der Waals surface area contributed by atoms with Gasteiger partial charge < -0.3 is 5.73 Å². The van der Waals surface area contributed by atoms with E-state index in [4.69, 9.17) is 5.73 Å². The molecule has 2 heteroatoms. The highest BCUT2D eigenvalue weighted by Gasteiger charge is 2.20. The van der Waals surface area contributed by atoms with Crippen molar-refractivity contribution in [2.24, 2.45) is 17.6 Å². The summed E-state index contributed by atoms with van der Waals surface area (Å²) in [4.78, 5) is 13.1. The lowest BCUT2D eigenvalue weighted by Crippen LogP contribution is -2.17. The second-order valence-corrected chi connectivity index (χ2v) is 9.91. The van der Waals surface area contributed by atoms with E-state index in [0.29, 0.717) is 24.7 Å². The molecule has 0 aliphatic heterocycles. The van der Waals surface area contributed by atoms with Crippen molar-refractivity contribution >= 4 is 5.78 Å². The number of carbonyl (C=O) groups is 1. The van der Waals surface area contributed by atoms with Crippen LogP contribution in [0.4, 0.5) is 0 Å². The van der Waals surface area contributed by atoms with Gasteiger partial charge in [-0.3, -0.25) is 4.79 Å². The van der Waals surface area contributed by atoms with Crippen molar-refractivity contribution in [2.45, 2.75) is 64.7 Å². The molecule has 0 unspecified atom stereocenters. The summed E-state index contributed by atoms with van der Waals surface area (Å²) in [6, 6.07) is 19.5. The van der Waals surface area contributed by atoms with Gasteiger partial charge in [0.05, 0.1) is 0 Å². The molecule has 3 rings (SSSR count). The lowest BCUT2D eigenvalue weighted by atomic mass is 9.85. The molecule has 0 bridgehead atoms. The number of nitrogens with two attached hydrogens (primary N) is 1. The Hall–Kier alpha value is -2.71. The van der Waals surface area contributed by atoms with Crippen LogP contribution in [0.15, 0.2) is 90.6 Å². The van der Waals surface area contributed by atoms with Crippen molar-refractivity contribution < 1.29 is 4.79 Å². The second kappa shape index (κ2) is 13.9. The lowest BCUT2D eigenvalue weighted by Gasteiger charge is -2.19. The first-order valence-electron chi connectivity index (χ1n) is 12.9. The number of allylic oxidation sites excluding steroid dienone is 5. The number of unbranched alkanes of at least 4 members (excludes halogenated alkanes) is 1. The van der Waals surface area contributed by atoms with Crippen LogP contribution >= 0.6 is 0 Å². The highest BCUT2D eigenvalue weighted by atomic mass is 16.1. The van der Waals surface area contributed by atoms with Crippen LogP contribution in [0.5, 0.6) is 0 Å². The van der Waals surface area contributed by atoms with E-state index in [1.54, 1.807) is 0 Å². The Morgan fingerprint density at radius 1 is 1.03 bits per heavy atom. The van der Waals surface area contributed by atoms with Gasteiger partial charge in [0, 0.05) is 12.3 Å². The molecule has 1 aliphatic carbocycles. The first-order chi connectivity index (χ1) is 16.5. The maximum absolute atomic E-state index is 13.1. The van der Waals surface area contributed by atoms with Crippen LogP contribution in [0, 0.1) is 11.8 Å². The van der Waals surface area contributed by atoms with E-state index in [2.05, 4.69) is 86.3 Å². The Bertz CT molecular complexity index is 968. The topological polar surface area (TPSA) is 43.1 Å². The zero-order valence-electron chi connectivity index (χ0n) is 20.8. The van der Waals surface area contributed by atoms with Crippen LogP contribution in [-0.2, 0) is 17.6 Å². The monoisotopic (exact) mass is 455 g/mol. The van der Waals surface area contributed by atoms with Gasteiger partial charge in [0.15, 0.2) is 0 Å². The third-order valence-corrected chi connectivity index (χ3v) is 6.81. The molecule has 0 saturated carbocycles. The molecule has 0 radical (unpaired) electrons. The molecule has 0 heterocycles. The standard InChI is InChI=1S/C32H41NO/c1-25-11-15-30(16-12-25)24-32(34)31(10-6-7-21-33)22-26(2)13-14-27-17-19-29(20-18-27)23-28-8-4-3-5-9-28/h3-5,8-9,11,15-20,25,31H,2,6-7,10,12-14,21-24,33H2,1H3/t25-,31-/m1/s1. The Balaban J connectivity index is 1.50. The highest BCUT2D eigenvalue weighted by Crippen LogP contribution is 2.26. The maximum Gasteiger partial charge on any atom is 0.140 e. The largest absolute Gasteiger partial charge is 0.330 e. The Labute approximate surface area is 206 Å². The van der Waals surface area contributed by atoms with Gasteiger partial charge in [0.2, 0.25) is 0 Å². The lowest BCUT2D eigenvalue weighted by molar-refractivity contribution is -0.122. The summed E-state index contributed by atoms with van der Waals surface area (Å²) in [7, 11) is 0. The van der Waals surface area contributed by atoms with Crippen LogP contribution in [0.1, 0.15) is 68.6 Å². The normalized spacial score (nSPS) is 16.2. The van der Waals surface area contributed by atoms with Gasteiger partial charge in [-0.1, -0.05) is 98.3 Å². The van der Waals surface area contributed by atoms with Crippen molar-refractivity contribution in [2.75, 3.05) is 6.54 Å². The average molecular weight is 456 g/mol. The first kappa shape index (κ1) is 25.9. The highest BCUT2D eigenvalue weighted by molar-refractivity contribution is 5.84. The van der Waals surface area contributed by atoms with Crippen molar-refractivity contribution in [1.82, 2.24) is 0 Å². The summed E-state index contributed by atoms with van der Waals surface area (Å²) in [6.45, 7) is 7.24. The van der Waals surface area contributed by atoms with Gasteiger partial charge in [0.1, 0.15) is 5.78 Å². The third kappa shape index (κ3) is 8.91. The summed E-state index contributed by atoms with van der Waals surface area (Å²) in [5.41, 5.74) is 12.1. The number of hydrogen-bond donors (Lipinski definition) is 1. The van der Waals surface area contributed by atoms with E-state index < -0.39 is 0 Å². The van der Waals surface area contributed by atoms with Crippen LogP contribution in [-0.4, -0.2) is 12.3 Å². The summed E-state index contributed by atoms with van der Waals surface area (Å²) < 4.78 is 0. The minimum absolute atomic E-state index is 0.0564. The Kier molecular flexibility index (Phi) is 10.6. The number of carbonyl (C=O) groups excluding carboxylic acids is 1. The Morgan fingerprint density at radius 3 is 2.41 bits per heavy atom. The molecule has 0 amide bonds. The molecule has 34 heavy (non-hydrogen) atoms. The molecule has 0 saturated heterocycles. The zero-order valence-corrected chi connectivity index (χ0v) is 20.8. The van der Waals surface area contributed by atoms with Gasteiger partial charge in [0.25, 0.3) is 0 Å². The summed E-state index contributed by atoms with van der Waals surface area (Å²) in [5, 5.41) is 0. The van der Waals surface area contributed by atoms with Crippen molar-refractivity contribution in [3.8, 4) is 0 Å². The van der Waals surface area contributed by atoms with Crippen LogP contribution in [0.25, 0.3) is 0 Å². The van der Waals surface area contributed by atoms with Gasteiger partial charge >= 0.3 is 0 Å². The van der Waals surface area contributed by atoms with E-state index in [1.807, 2.05) is 0 Å². The quantitative estimate of drug-likeness (QED) is 0.238. The van der Waals surface area contributed by atoms with E-state index in [9.17, 15) is 4.79 Å². The van der Waals surface area contributed by atoms with E-state index >= 15 is 0 Å². The molecule has 0 aromatic heterocycles. The average Bonchev–Trinajstić information content (AvgIpc) is 2.85. The van der Waals surface area contributed by atoms with Crippen LogP contribution in [0.3, 0.4) is 0 Å². The molecule has 2 aromatic carbocycles. The van der Waals surface area contributed by atoms with Crippen LogP contribution in [0.2, 0.25) is 0 Å². The van der Waals surface area contributed by atoms with Crippen molar-refractivity contribution in [3.63, 3.8) is 0 Å². The fourth-order valence-electron chi connectivity index (χ4n) is 4.59. The van der Waals surface area contributed by atoms with Crippen molar-refractivity contribution in [3.05, 3.63) is 107 Å². The molecule has 2 nitrogen and oxygen atoms in total. The summed E-state index contributed by atoms with van der Waals surface area (Å²) >= 11 is 0. The van der Waals surface area contributed by atoms with E-state index in [-0.39, 0.29) is 5.92 Å². The molecular weight excluding hydrogens is 414 g/mol. The number of ketones is 1. The van der Waals surface area contributed by atoms with Gasteiger partial charge in [-0.2, -0.15) is 0 Å². The SMILES string of the molecule is C=C(CCc1ccc(Cc2ccccc2)cc1)C[C@@H](CCCCN)C(=O)CC1=CC[C@H](C)C=C1. The van der Waals surface area contributed by atoms with Crippen LogP contribution < -0.4 is 5.73 Å². The molecule has 2 aromatic rings. The molecule has 2 N–H and O–H groups in total. The fourth-order valence-corrected chi connectivity index (χ4v) is 4.59. The minimum atomic E-state index is 0.0564. The smallest absolute Gasteiger partial charge is 0.140 e. The third-order valence-electron chi connectivity index (χ3n) is 6.81. The number of aryl methyl sites for hydroxylation is 1. The molecule has 1 aliphatic rings. The number of benzene rings is 2. The molecule has 2 atom stereocenters. The van der Waals surface area contributed by atoms with Gasteiger partial charge in [-0.15, -0.1) is 0 Å². The molecule has 0 fully saturated rings. The zero-order chi connectivity index (χ0) is 24.2. The molecule has 0 spiro atoms. The van der Waals surface area contributed by atoms with E-state index in [1.165, 1.54) is 27.8 Å².